The molecule has 1 heterocycles. The van der Waals surface area contributed by atoms with Crippen LogP contribution >= 0.6 is 0 Å². The number of carboxylic acids is 1. The average Bonchev–Trinajstić information content (AvgIpc) is 2.79. The third-order valence-corrected chi connectivity index (χ3v) is 2.53. The Hall–Kier alpha value is -2.77. The van der Waals surface area contributed by atoms with Crippen LogP contribution < -0.4 is 5.32 Å². The number of aryl methyl sites for hydroxylation is 1. The van der Waals surface area contributed by atoms with E-state index in [0.29, 0.717) is 12.1 Å². The first-order chi connectivity index (χ1) is 9.40. The summed E-state index contributed by atoms with van der Waals surface area (Å²) in [6, 6.07) is 1.09. The zero-order valence-corrected chi connectivity index (χ0v) is 10.1. The molecular weight excluding hydrogens is 274 g/mol. The largest absolute Gasteiger partial charge is 0.478 e. The summed E-state index contributed by atoms with van der Waals surface area (Å²) in [4.78, 5) is 22.8. The van der Waals surface area contributed by atoms with Crippen LogP contribution in [0.5, 0.6) is 0 Å². The van der Waals surface area contributed by atoms with Gasteiger partial charge in [0.1, 0.15) is 11.3 Å². The van der Waals surface area contributed by atoms with Gasteiger partial charge in [0.2, 0.25) is 0 Å². The summed E-state index contributed by atoms with van der Waals surface area (Å²) in [5.41, 5.74) is -0.862. The fourth-order valence-electron chi connectivity index (χ4n) is 1.53. The lowest BCUT2D eigenvalue weighted by Crippen LogP contribution is -2.15. The van der Waals surface area contributed by atoms with Crippen LogP contribution in [0, 0.1) is 18.6 Å². The monoisotopic (exact) mass is 282 g/mol. The number of nitrogens with zero attached hydrogens (tertiary/aromatic N) is 1. The van der Waals surface area contributed by atoms with Gasteiger partial charge >= 0.3 is 5.97 Å². The quantitative estimate of drug-likeness (QED) is 0.900. The third-order valence-electron chi connectivity index (χ3n) is 2.53. The van der Waals surface area contributed by atoms with Gasteiger partial charge in [-0.15, -0.1) is 0 Å². The molecule has 2 aromatic rings. The number of hydrogen-bond donors (Lipinski definition) is 2. The van der Waals surface area contributed by atoms with Gasteiger partial charge in [-0.25, -0.2) is 13.6 Å². The molecule has 0 saturated heterocycles. The highest BCUT2D eigenvalue weighted by Gasteiger charge is 2.19. The number of carbonyl (C=O) groups is 2. The molecule has 1 aromatic heterocycles. The lowest BCUT2D eigenvalue weighted by Gasteiger charge is -2.08. The van der Waals surface area contributed by atoms with Crippen molar-refractivity contribution in [1.82, 2.24) is 5.16 Å². The van der Waals surface area contributed by atoms with E-state index in [0.717, 1.165) is 6.20 Å². The van der Waals surface area contributed by atoms with E-state index >= 15 is 0 Å². The minimum atomic E-state index is -1.50. The number of aromatic nitrogens is 1. The molecule has 0 unspecified atom stereocenters. The van der Waals surface area contributed by atoms with E-state index in [-0.39, 0.29) is 17.0 Å². The van der Waals surface area contributed by atoms with Gasteiger partial charge in [-0.3, -0.25) is 4.79 Å². The Morgan fingerprint density at radius 1 is 1.25 bits per heavy atom. The number of anilines is 1. The van der Waals surface area contributed by atoms with Gasteiger partial charge in [-0.05, 0) is 13.0 Å². The Morgan fingerprint density at radius 3 is 2.45 bits per heavy atom. The number of carbonyl (C=O) groups excluding carboxylic acids is 1. The lowest BCUT2D eigenvalue weighted by molar-refractivity contribution is 0.0697. The Morgan fingerprint density at radius 2 is 1.90 bits per heavy atom. The molecular formula is C12H8F2N2O4. The Bertz CT molecular complexity index is 697. The van der Waals surface area contributed by atoms with Crippen molar-refractivity contribution >= 4 is 17.6 Å². The van der Waals surface area contributed by atoms with Crippen LogP contribution in [0.15, 0.2) is 22.9 Å². The van der Waals surface area contributed by atoms with E-state index in [9.17, 15) is 18.4 Å². The second kappa shape index (κ2) is 5.08. The minimum absolute atomic E-state index is 0.0612. The van der Waals surface area contributed by atoms with Gasteiger partial charge in [-0.1, -0.05) is 5.16 Å². The molecule has 0 spiro atoms. The minimum Gasteiger partial charge on any atom is -0.478 e. The molecule has 0 aliphatic carbocycles. The van der Waals surface area contributed by atoms with Crippen molar-refractivity contribution in [1.29, 1.82) is 0 Å². The van der Waals surface area contributed by atoms with Crippen LogP contribution in [0.4, 0.5) is 14.5 Å². The molecule has 0 radical (unpaired) electrons. The van der Waals surface area contributed by atoms with Gasteiger partial charge in [0, 0.05) is 6.07 Å². The second-order valence-electron chi connectivity index (χ2n) is 3.87. The molecule has 6 nitrogen and oxygen atoms in total. The molecule has 0 saturated carbocycles. The summed E-state index contributed by atoms with van der Waals surface area (Å²) in [5.74, 6) is -4.62. The summed E-state index contributed by atoms with van der Waals surface area (Å²) in [7, 11) is 0. The summed E-state index contributed by atoms with van der Waals surface area (Å²) in [6.45, 7) is 1.48. The smallest absolute Gasteiger partial charge is 0.337 e. The summed E-state index contributed by atoms with van der Waals surface area (Å²) in [6.07, 6.45) is 1.13. The molecule has 1 aromatic carbocycles. The van der Waals surface area contributed by atoms with Crippen molar-refractivity contribution in [2.24, 2.45) is 0 Å². The number of benzene rings is 1. The molecule has 2 rings (SSSR count). The highest BCUT2D eigenvalue weighted by molar-refractivity contribution is 6.08. The molecule has 104 valence electrons. The van der Waals surface area contributed by atoms with Crippen molar-refractivity contribution < 1.29 is 28.0 Å². The fraction of sp³-hybridized carbons (Fsp3) is 0.0833. The van der Waals surface area contributed by atoms with Gasteiger partial charge < -0.3 is 14.9 Å². The highest BCUT2D eigenvalue weighted by Crippen LogP contribution is 2.21. The number of hydrogen-bond acceptors (Lipinski definition) is 4. The first kappa shape index (κ1) is 13.7. The van der Waals surface area contributed by atoms with Crippen molar-refractivity contribution in [3.63, 3.8) is 0 Å². The standard InChI is InChI=1S/C12H8F2N2O4/c1-5-7(4-15-20-5)11(17)16-10-3-9(14)8(13)2-6(10)12(18)19/h2-4H,1H3,(H,16,17)(H,18,19). The third kappa shape index (κ3) is 2.48. The molecule has 0 fully saturated rings. The Labute approximate surface area is 111 Å². The van der Waals surface area contributed by atoms with Crippen molar-refractivity contribution in [3.8, 4) is 0 Å². The number of rotatable bonds is 3. The summed E-state index contributed by atoms with van der Waals surface area (Å²) >= 11 is 0. The maximum absolute atomic E-state index is 13.1. The maximum atomic E-state index is 13.1. The van der Waals surface area contributed by atoms with E-state index in [1.165, 1.54) is 6.92 Å². The summed E-state index contributed by atoms with van der Waals surface area (Å²) < 4.78 is 30.8. The fourth-order valence-corrected chi connectivity index (χ4v) is 1.53. The number of aromatic carboxylic acids is 1. The first-order valence-corrected chi connectivity index (χ1v) is 5.35. The lowest BCUT2D eigenvalue weighted by atomic mass is 10.1. The van der Waals surface area contributed by atoms with Crippen LogP contribution in [0.25, 0.3) is 0 Å². The normalized spacial score (nSPS) is 10.3. The topological polar surface area (TPSA) is 92.4 Å². The number of nitrogens with one attached hydrogen (secondary N) is 1. The number of carboxylic acid groups (broad SMARTS) is 1. The van der Waals surface area contributed by atoms with Crippen molar-refractivity contribution in [2.45, 2.75) is 6.92 Å². The van der Waals surface area contributed by atoms with Gasteiger partial charge in [0.25, 0.3) is 5.91 Å². The molecule has 8 heteroatoms. The van der Waals surface area contributed by atoms with E-state index in [4.69, 9.17) is 5.11 Å². The van der Waals surface area contributed by atoms with E-state index in [1.807, 2.05) is 0 Å². The van der Waals surface area contributed by atoms with Crippen LogP contribution in [0.2, 0.25) is 0 Å². The van der Waals surface area contributed by atoms with Crippen molar-refractivity contribution in [3.05, 3.63) is 46.9 Å². The zero-order chi connectivity index (χ0) is 14.9. The Kier molecular flexibility index (Phi) is 3.47. The molecule has 1 amide bonds. The predicted octanol–water partition coefficient (Wildman–Crippen LogP) is 2.21. The molecule has 2 N–H and O–H groups in total. The highest BCUT2D eigenvalue weighted by atomic mass is 19.2. The number of halogens is 2. The van der Waals surface area contributed by atoms with Gasteiger partial charge in [-0.2, -0.15) is 0 Å². The molecule has 0 atom stereocenters. The van der Waals surface area contributed by atoms with E-state index in [1.54, 1.807) is 0 Å². The van der Waals surface area contributed by atoms with Crippen LogP contribution in [0.3, 0.4) is 0 Å². The SMILES string of the molecule is Cc1oncc1C(=O)Nc1cc(F)c(F)cc1C(=O)O. The molecule has 0 aliphatic heterocycles. The summed E-state index contributed by atoms with van der Waals surface area (Å²) in [5, 5.41) is 14.5. The van der Waals surface area contributed by atoms with Crippen LogP contribution in [-0.4, -0.2) is 22.1 Å². The van der Waals surface area contributed by atoms with Crippen LogP contribution in [0.1, 0.15) is 26.5 Å². The predicted molar refractivity (Wildman–Crippen MR) is 62.5 cm³/mol. The van der Waals surface area contributed by atoms with Crippen LogP contribution in [-0.2, 0) is 0 Å². The maximum Gasteiger partial charge on any atom is 0.337 e. The van der Waals surface area contributed by atoms with Gasteiger partial charge in [0.15, 0.2) is 11.6 Å². The zero-order valence-electron chi connectivity index (χ0n) is 10.1. The van der Waals surface area contributed by atoms with E-state index in [2.05, 4.69) is 15.0 Å². The molecule has 0 aliphatic rings. The average molecular weight is 282 g/mol. The second-order valence-corrected chi connectivity index (χ2v) is 3.87. The van der Waals surface area contributed by atoms with Gasteiger partial charge in [0.05, 0.1) is 17.4 Å². The van der Waals surface area contributed by atoms with E-state index < -0.39 is 29.1 Å². The Balaban J connectivity index is 2.38. The number of amides is 1. The molecule has 20 heavy (non-hydrogen) atoms. The van der Waals surface area contributed by atoms with Crippen molar-refractivity contribution in [2.75, 3.05) is 5.32 Å². The first-order valence-electron chi connectivity index (χ1n) is 5.35. The molecule has 0 bridgehead atoms.